The lowest BCUT2D eigenvalue weighted by atomic mass is 10.1. The summed E-state index contributed by atoms with van der Waals surface area (Å²) in [6.07, 6.45) is -3.47. The zero-order chi connectivity index (χ0) is 23.2. The van der Waals surface area contributed by atoms with Gasteiger partial charge in [-0.1, -0.05) is 4.98 Å². The molecule has 3 heterocycles. The number of ether oxygens (including phenoxy) is 1. The van der Waals surface area contributed by atoms with Gasteiger partial charge in [0.15, 0.2) is 18.5 Å². The van der Waals surface area contributed by atoms with Crippen LogP contribution in [0.5, 0.6) is 0 Å². The van der Waals surface area contributed by atoms with Crippen molar-refractivity contribution < 1.29 is 65.9 Å². The van der Waals surface area contributed by atoms with Crippen molar-refractivity contribution in [3.63, 3.8) is 0 Å². The molecular weight excluding hydrogens is 491 g/mol. The van der Waals surface area contributed by atoms with Crippen LogP contribution in [0.1, 0.15) is 6.23 Å². The van der Waals surface area contributed by atoms with Gasteiger partial charge in [0.25, 0.3) is 0 Å². The number of nitrogens with one attached hydrogen (secondary N) is 1. The molecule has 0 radical (unpaired) electrons. The summed E-state index contributed by atoms with van der Waals surface area (Å²) >= 11 is 0. The maximum Gasteiger partial charge on any atom is 0.490 e. The van der Waals surface area contributed by atoms with Crippen LogP contribution in [-0.4, -0.2) is 69.7 Å². The van der Waals surface area contributed by atoms with Crippen molar-refractivity contribution in [3.05, 3.63) is 12.7 Å². The number of hydrogen-bond donors (Lipinski definition) is 8. The highest BCUT2D eigenvalue weighted by molar-refractivity contribution is 7.66. The van der Waals surface area contributed by atoms with Crippen LogP contribution in [-0.2, 0) is 31.6 Å². The number of aromatic nitrogens is 4. The van der Waals surface area contributed by atoms with Crippen molar-refractivity contribution in [2.75, 3.05) is 12.3 Å². The quantitative estimate of drug-likeness (QED) is 0.139. The van der Waals surface area contributed by atoms with Crippen LogP contribution in [0.15, 0.2) is 12.7 Å². The number of nitrogens with two attached hydrogens (primary N) is 1. The number of rotatable bonds is 8. The van der Waals surface area contributed by atoms with E-state index in [0.29, 0.717) is 5.52 Å². The number of fused-ring (bicyclic) bond motifs is 1. The molecule has 1 aliphatic heterocycles. The number of phosphoric acid groups is 3. The van der Waals surface area contributed by atoms with Gasteiger partial charge in [-0.3, -0.25) is 9.51 Å². The summed E-state index contributed by atoms with van der Waals surface area (Å²) in [4.78, 5) is 46.1. The molecule has 21 heteroatoms. The van der Waals surface area contributed by atoms with Gasteiger partial charge in [-0.05, 0) is 0 Å². The standard InChI is InChI=1S/C10H16N5O13P3/c11-8-5-9(13-2-12-8)15(3-14-5)10-7(17)6(16)4(26-10)1-25-30(21,22)28-31(23,24)27-29(18,19)20/h2-4,6-7,10,16-17H,1H2,(H6,11,12,13,18,19,20,21,22,23,24)/p+1. The zero-order valence-electron chi connectivity index (χ0n) is 15.0. The Kier molecular flexibility index (Phi) is 6.68. The van der Waals surface area contributed by atoms with Gasteiger partial charge in [-0.25, -0.2) is 18.3 Å². The van der Waals surface area contributed by atoms with E-state index in [9.17, 15) is 28.8 Å². The van der Waals surface area contributed by atoms with E-state index in [4.69, 9.17) is 25.2 Å². The van der Waals surface area contributed by atoms with Crippen LogP contribution in [0, 0.1) is 0 Å². The first kappa shape index (κ1) is 24.3. The van der Waals surface area contributed by atoms with E-state index in [1.54, 1.807) is 0 Å². The highest BCUT2D eigenvalue weighted by atomic mass is 31.3. The van der Waals surface area contributed by atoms with Gasteiger partial charge in [0.1, 0.15) is 18.3 Å². The summed E-state index contributed by atoms with van der Waals surface area (Å²) in [5.41, 5.74) is 6.21. The van der Waals surface area contributed by atoms with Crippen molar-refractivity contribution in [2.24, 2.45) is 0 Å². The van der Waals surface area contributed by atoms with Gasteiger partial charge in [-0.15, -0.1) is 0 Å². The fourth-order valence-electron chi connectivity index (χ4n) is 2.68. The molecule has 0 aromatic carbocycles. The zero-order valence-corrected chi connectivity index (χ0v) is 17.7. The van der Waals surface area contributed by atoms with Crippen LogP contribution in [0.2, 0.25) is 0 Å². The second-order valence-corrected chi connectivity index (χ2v) is 10.5. The Morgan fingerprint density at radius 1 is 1.10 bits per heavy atom. The third kappa shape index (κ3) is 5.71. The normalized spacial score (nSPS) is 28.5. The van der Waals surface area contributed by atoms with E-state index in [-0.39, 0.29) is 11.5 Å². The van der Waals surface area contributed by atoms with Crippen molar-refractivity contribution in [1.82, 2.24) is 15.0 Å². The molecule has 0 saturated carbocycles. The number of imidazole rings is 1. The molecule has 6 atom stereocenters. The van der Waals surface area contributed by atoms with E-state index in [0.717, 1.165) is 6.33 Å². The molecule has 2 aromatic heterocycles. The van der Waals surface area contributed by atoms with E-state index in [1.807, 2.05) is 0 Å². The highest BCUT2D eigenvalue weighted by Gasteiger charge is 2.48. The molecule has 6 unspecified atom stereocenters. The van der Waals surface area contributed by atoms with Gasteiger partial charge < -0.3 is 40.3 Å². The molecule has 18 nitrogen and oxygen atoms in total. The molecule has 3 rings (SSSR count). The summed E-state index contributed by atoms with van der Waals surface area (Å²) < 4.78 is 52.0. The maximum atomic E-state index is 11.8. The van der Waals surface area contributed by atoms with Crippen LogP contribution < -0.4 is 10.3 Å². The average Bonchev–Trinajstić information content (AvgIpc) is 3.13. The lowest BCUT2D eigenvalue weighted by Gasteiger charge is -2.18. The second kappa shape index (κ2) is 8.53. The van der Waals surface area contributed by atoms with Crippen molar-refractivity contribution >= 4 is 40.4 Å². The lowest BCUT2D eigenvalue weighted by Crippen LogP contribution is -2.45. The summed E-state index contributed by atoms with van der Waals surface area (Å²) in [7, 11) is -16.7. The van der Waals surface area contributed by atoms with E-state index >= 15 is 0 Å². The Hall–Kier alpha value is -1.36. The molecule has 0 spiro atoms. The van der Waals surface area contributed by atoms with Gasteiger partial charge in [0, 0.05) is 0 Å². The Morgan fingerprint density at radius 2 is 1.77 bits per heavy atom. The molecule has 174 valence electrons. The Bertz CT molecular complexity index is 1100. The fourth-order valence-corrected chi connectivity index (χ4v) is 5.71. The predicted octanol–water partition coefficient (Wildman–Crippen LogP) is -2.21. The third-order valence-corrected chi connectivity index (χ3v) is 7.68. The summed E-state index contributed by atoms with van der Waals surface area (Å²) in [6, 6.07) is 0. The number of anilines is 1. The number of hydrogen-bond acceptors (Lipinski definition) is 12. The van der Waals surface area contributed by atoms with Gasteiger partial charge in [-0.2, -0.15) is 13.6 Å². The monoisotopic (exact) mass is 508 g/mol. The number of phosphoric ester groups is 1. The van der Waals surface area contributed by atoms with Crippen LogP contribution in [0.25, 0.3) is 11.2 Å². The van der Waals surface area contributed by atoms with Crippen molar-refractivity contribution in [1.29, 1.82) is 0 Å². The van der Waals surface area contributed by atoms with Crippen LogP contribution >= 0.6 is 23.5 Å². The second-order valence-electron chi connectivity index (χ2n) is 6.07. The molecular formula is C10H17N5O13P3+. The third-order valence-electron chi connectivity index (χ3n) is 3.88. The number of H-pyrrole nitrogens is 1. The first-order valence-electron chi connectivity index (χ1n) is 7.98. The van der Waals surface area contributed by atoms with Gasteiger partial charge >= 0.3 is 29.1 Å². The number of aliphatic hydroxyl groups is 2. The Balaban J connectivity index is 1.69. The Morgan fingerprint density at radius 3 is 2.42 bits per heavy atom. The van der Waals surface area contributed by atoms with Gasteiger partial charge in [0.05, 0.1) is 6.61 Å². The van der Waals surface area contributed by atoms with Crippen LogP contribution in [0.4, 0.5) is 5.82 Å². The topological polar surface area (TPSA) is 281 Å². The van der Waals surface area contributed by atoms with E-state index < -0.39 is 54.6 Å². The molecule has 2 aromatic rings. The highest BCUT2D eigenvalue weighted by Crippen LogP contribution is 2.66. The van der Waals surface area contributed by atoms with E-state index in [1.165, 1.54) is 10.9 Å². The molecule has 1 aliphatic rings. The maximum absolute atomic E-state index is 11.8. The first-order valence-corrected chi connectivity index (χ1v) is 12.5. The minimum absolute atomic E-state index is 0.0981. The number of nitrogens with zero attached hydrogens (tertiary/aromatic N) is 3. The average molecular weight is 508 g/mol. The summed E-state index contributed by atoms with van der Waals surface area (Å²) in [5.74, 6) is 0.0981. The summed E-state index contributed by atoms with van der Waals surface area (Å²) in [5, 5.41) is 20.4. The van der Waals surface area contributed by atoms with Crippen molar-refractivity contribution in [3.8, 4) is 0 Å². The molecule has 1 fully saturated rings. The SMILES string of the molecule is Nc1ncnc2c1[nH]c[n+]2C1OC(COP(=O)(O)OP(=O)(O)OP(=O)(O)O)C(O)C1O. The van der Waals surface area contributed by atoms with Gasteiger partial charge in [0.2, 0.25) is 11.7 Å². The largest absolute Gasteiger partial charge is 0.490 e. The minimum atomic E-state index is -5.70. The molecule has 9 N–H and O–H groups in total. The van der Waals surface area contributed by atoms with E-state index in [2.05, 4.69) is 28.1 Å². The smallest absolute Gasteiger partial charge is 0.387 e. The minimum Gasteiger partial charge on any atom is -0.387 e. The fraction of sp³-hybridized carbons (Fsp3) is 0.500. The molecule has 31 heavy (non-hydrogen) atoms. The number of aliphatic hydroxyl groups excluding tert-OH is 2. The molecule has 0 amide bonds. The predicted molar refractivity (Wildman–Crippen MR) is 94.2 cm³/mol. The molecule has 0 aliphatic carbocycles. The number of aromatic amines is 1. The molecule has 0 bridgehead atoms. The summed E-state index contributed by atoms with van der Waals surface area (Å²) in [6.45, 7) is -0.946. The number of nitrogen functional groups attached to an aromatic ring is 1. The Labute approximate surface area is 171 Å². The molecule has 1 saturated heterocycles. The van der Waals surface area contributed by atoms with Crippen LogP contribution in [0.3, 0.4) is 0 Å². The van der Waals surface area contributed by atoms with Crippen molar-refractivity contribution in [2.45, 2.75) is 24.5 Å². The lowest BCUT2D eigenvalue weighted by molar-refractivity contribution is -0.745. The first-order chi connectivity index (χ1) is 14.2.